The van der Waals surface area contributed by atoms with Crippen LogP contribution in [-0.4, -0.2) is 15.0 Å². The molecule has 0 bridgehead atoms. The minimum absolute atomic E-state index is 0.381. The first-order valence-corrected chi connectivity index (χ1v) is 7.03. The second-order valence-corrected chi connectivity index (χ2v) is 4.70. The van der Waals surface area contributed by atoms with Gasteiger partial charge in [-0.25, -0.2) is 4.68 Å². The van der Waals surface area contributed by atoms with E-state index in [-0.39, 0.29) is 0 Å². The summed E-state index contributed by atoms with van der Waals surface area (Å²) in [5.74, 6) is 0.791. The van der Waals surface area contributed by atoms with E-state index in [9.17, 15) is 0 Å². The molecule has 0 spiro atoms. The van der Waals surface area contributed by atoms with Gasteiger partial charge in [0.15, 0.2) is 5.76 Å². The highest BCUT2D eigenvalue weighted by Gasteiger charge is 2.15. The van der Waals surface area contributed by atoms with Gasteiger partial charge in [0.05, 0.1) is 6.26 Å². The van der Waals surface area contributed by atoms with E-state index in [0.717, 1.165) is 30.1 Å². The number of nitrogens with zero attached hydrogens (tertiary/aromatic N) is 3. The Morgan fingerprint density at radius 1 is 1.26 bits per heavy atom. The predicted molar refractivity (Wildman–Crippen MR) is 74.4 cm³/mol. The molecular formula is C14H22N4O. The minimum atomic E-state index is 0.381. The van der Waals surface area contributed by atoms with Crippen LogP contribution >= 0.6 is 0 Å². The standard InChI is InChI=1S/C14H22N4O/c1-2-3-4-5-6-9-18-14(12(11-15)16-17-18)13-8-7-10-19-13/h7-8,10H,2-6,9,11,15H2,1H3. The first-order valence-electron chi connectivity index (χ1n) is 7.03. The van der Waals surface area contributed by atoms with E-state index in [1.165, 1.54) is 25.7 Å². The number of nitrogens with two attached hydrogens (primary N) is 1. The summed E-state index contributed by atoms with van der Waals surface area (Å²) in [6.07, 6.45) is 7.85. The zero-order valence-electron chi connectivity index (χ0n) is 11.5. The third kappa shape index (κ3) is 3.44. The predicted octanol–water partition coefficient (Wildman–Crippen LogP) is 2.97. The quantitative estimate of drug-likeness (QED) is 0.742. The maximum absolute atomic E-state index is 5.71. The highest BCUT2D eigenvalue weighted by atomic mass is 16.3. The summed E-state index contributed by atoms with van der Waals surface area (Å²) in [4.78, 5) is 0. The molecule has 0 radical (unpaired) electrons. The topological polar surface area (TPSA) is 69.9 Å². The molecule has 2 heterocycles. The fourth-order valence-corrected chi connectivity index (χ4v) is 2.19. The van der Waals surface area contributed by atoms with E-state index in [4.69, 9.17) is 10.2 Å². The Hall–Kier alpha value is -1.62. The van der Waals surface area contributed by atoms with E-state index in [1.54, 1.807) is 6.26 Å². The summed E-state index contributed by atoms with van der Waals surface area (Å²) in [6, 6.07) is 3.79. The highest BCUT2D eigenvalue weighted by Crippen LogP contribution is 2.23. The maximum Gasteiger partial charge on any atom is 0.153 e. The lowest BCUT2D eigenvalue weighted by Gasteiger charge is -2.05. The summed E-state index contributed by atoms with van der Waals surface area (Å²) < 4.78 is 7.36. The van der Waals surface area contributed by atoms with Crippen LogP contribution in [0.3, 0.4) is 0 Å². The molecule has 19 heavy (non-hydrogen) atoms. The Morgan fingerprint density at radius 2 is 2.11 bits per heavy atom. The van der Waals surface area contributed by atoms with Crippen molar-refractivity contribution in [1.29, 1.82) is 0 Å². The van der Waals surface area contributed by atoms with Crippen molar-refractivity contribution in [2.45, 2.75) is 52.1 Å². The normalized spacial score (nSPS) is 11.1. The van der Waals surface area contributed by atoms with Crippen molar-refractivity contribution in [2.75, 3.05) is 0 Å². The molecule has 0 aromatic carbocycles. The Morgan fingerprint density at radius 3 is 2.79 bits per heavy atom. The molecule has 2 aromatic rings. The third-order valence-corrected chi connectivity index (χ3v) is 3.23. The number of hydrogen-bond acceptors (Lipinski definition) is 4. The van der Waals surface area contributed by atoms with Crippen molar-refractivity contribution in [3.63, 3.8) is 0 Å². The fourth-order valence-electron chi connectivity index (χ4n) is 2.19. The minimum Gasteiger partial charge on any atom is -0.463 e. The number of rotatable bonds is 8. The molecule has 0 fully saturated rings. The van der Waals surface area contributed by atoms with Gasteiger partial charge in [0.2, 0.25) is 0 Å². The SMILES string of the molecule is CCCCCCCn1nnc(CN)c1-c1ccco1. The van der Waals surface area contributed by atoms with Crippen molar-refractivity contribution in [3.05, 3.63) is 24.1 Å². The lowest BCUT2D eigenvalue weighted by Crippen LogP contribution is -2.04. The lowest BCUT2D eigenvalue weighted by molar-refractivity contribution is 0.513. The Labute approximate surface area is 113 Å². The first-order chi connectivity index (χ1) is 9.36. The van der Waals surface area contributed by atoms with Crippen molar-refractivity contribution in [3.8, 4) is 11.5 Å². The monoisotopic (exact) mass is 262 g/mol. The molecule has 0 aliphatic rings. The molecule has 2 aromatic heterocycles. The average molecular weight is 262 g/mol. The van der Waals surface area contributed by atoms with Crippen molar-refractivity contribution in [2.24, 2.45) is 5.73 Å². The molecule has 2 rings (SSSR count). The number of aromatic nitrogens is 3. The van der Waals surface area contributed by atoms with Gasteiger partial charge >= 0.3 is 0 Å². The van der Waals surface area contributed by atoms with Gasteiger partial charge in [-0.1, -0.05) is 37.8 Å². The van der Waals surface area contributed by atoms with E-state index in [2.05, 4.69) is 17.2 Å². The number of furan rings is 1. The molecule has 5 nitrogen and oxygen atoms in total. The largest absolute Gasteiger partial charge is 0.463 e. The zero-order chi connectivity index (χ0) is 13.5. The van der Waals surface area contributed by atoms with Crippen LogP contribution in [0.5, 0.6) is 0 Å². The molecule has 0 unspecified atom stereocenters. The van der Waals surface area contributed by atoms with Crippen LogP contribution < -0.4 is 5.73 Å². The van der Waals surface area contributed by atoms with Crippen LogP contribution in [0.4, 0.5) is 0 Å². The smallest absolute Gasteiger partial charge is 0.153 e. The first kappa shape index (κ1) is 13.8. The Kier molecular flexibility index (Phi) is 5.15. The van der Waals surface area contributed by atoms with Gasteiger partial charge in [-0.3, -0.25) is 0 Å². The maximum atomic E-state index is 5.71. The van der Waals surface area contributed by atoms with Gasteiger partial charge in [0.25, 0.3) is 0 Å². The second kappa shape index (κ2) is 7.09. The van der Waals surface area contributed by atoms with Crippen LogP contribution in [0.15, 0.2) is 22.8 Å². The number of aryl methyl sites for hydroxylation is 1. The molecule has 0 saturated carbocycles. The van der Waals surface area contributed by atoms with Gasteiger partial charge in [-0.2, -0.15) is 0 Å². The van der Waals surface area contributed by atoms with Crippen LogP contribution in [0.1, 0.15) is 44.7 Å². The van der Waals surface area contributed by atoms with E-state index >= 15 is 0 Å². The highest BCUT2D eigenvalue weighted by molar-refractivity contribution is 5.55. The van der Waals surface area contributed by atoms with Gasteiger partial charge in [0.1, 0.15) is 11.4 Å². The van der Waals surface area contributed by atoms with E-state index < -0.39 is 0 Å². The molecule has 0 amide bonds. The summed E-state index contributed by atoms with van der Waals surface area (Å²) in [7, 11) is 0. The number of unbranched alkanes of at least 4 members (excludes halogenated alkanes) is 4. The summed E-state index contributed by atoms with van der Waals surface area (Å²) in [6.45, 7) is 3.47. The summed E-state index contributed by atoms with van der Waals surface area (Å²) >= 11 is 0. The van der Waals surface area contributed by atoms with Crippen LogP contribution in [0.2, 0.25) is 0 Å². The van der Waals surface area contributed by atoms with Crippen molar-refractivity contribution < 1.29 is 4.42 Å². The van der Waals surface area contributed by atoms with Crippen LogP contribution in [-0.2, 0) is 13.1 Å². The summed E-state index contributed by atoms with van der Waals surface area (Å²) in [5.41, 5.74) is 7.42. The fraction of sp³-hybridized carbons (Fsp3) is 0.571. The molecule has 2 N–H and O–H groups in total. The Bertz CT molecular complexity index is 476. The van der Waals surface area contributed by atoms with Gasteiger partial charge in [-0.05, 0) is 18.6 Å². The molecular weight excluding hydrogens is 240 g/mol. The lowest BCUT2D eigenvalue weighted by atomic mass is 10.1. The molecule has 0 saturated heterocycles. The van der Waals surface area contributed by atoms with Gasteiger partial charge in [-0.15, -0.1) is 5.10 Å². The Balaban J connectivity index is 2.02. The third-order valence-electron chi connectivity index (χ3n) is 3.23. The van der Waals surface area contributed by atoms with E-state index in [1.807, 2.05) is 16.8 Å². The van der Waals surface area contributed by atoms with Crippen LogP contribution in [0.25, 0.3) is 11.5 Å². The molecule has 5 heteroatoms. The zero-order valence-corrected chi connectivity index (χ0v) is 11.5. The molecule has 0 aliphatic heterocycles. The molecule has 104 valence electrons. The molecule has 0 aliphatic carbocycles. The van der Waals surface area contributed by atoms with Gasteiger partial charge < -0.3 is 10.2 Å². The van der Waals surface area contributed by atoms with Gasteiger partial charge in [0, 0.05) is 13.1 Å². The average Bonchev–Trinajstić information content (AvgIpc) is 3.06. The number of hydrogen-bond donors (Lipinski definition) is 1. The van der Waals surface area contributed by atoms with Crippen molar-refractivity contribution >= 4 is 0 Å². The summed E-state index contributed by atoms with van der Waals surface area (Å²) in [5, 5.41) is 8.32. The van der Waals surface area contributed by atoms with E-state index in [0.29, 0.717) is 6.54 Å². The molecule has 0 atom stereocenters. The van der Waals surface area contributed by atoms with Crippen LogP contribution in [0, 0.1) is 0 Å². The van der Waals surface area contributed by atoms with Crippen molar-refractivity contribution in [1.82, 2.24) is 15.0 Å². The second-order valence-electron chi connectivity index (χ2n) is 4.70.